The summed E-state index contributed by atoms with van der Waals surface area (Å²) in [5, 5.41) is 3.88. The van der Waals surface area contributed by atoms with E-state index < -0.39 is 0 Å². The number of halogens is 3. The molecular weight excluding hydrogens is 293 g/mol. The van der Waals surface area contributed by atoms with Gasteiger partial charge in [0.2, 0.25) is 0 Å². The molecule has 0 spiro atoms. The van der Waals surface area contributed by atoms with Crippen LogP contribution in [0.2, 0.25) is 5.15 Å². The van der Waals surface area contributed by atoms with E-state index in [0.717, 1.165) is 31.7 Å². The molecular formula is C12H18Cl3N3. The van der Waals surface area contributed by atoms with E-state index in [-0.39, 0.29) is 30.9 Å². The van der Waals surface area contributed by atoms with E-state index in [1.54, 1.807) is 0 Å². The molecule has 1 aliphatic rings. The van der Waals surface area contributed by atoms with Crippen LogP contribution >= 0.6 is 36.4 Å². The fourth-order valence-corrected chi connectivity index (χ4v) is 2.13. The average Bonchev–Trinajstić information content (AvgIpc) is 2.34. The van der Waals surface area contributed by atoms with Crippen LogP contribution in [0.15, 0.2) is 31.0 Å². The van der Waals surface area contributed by atoms with E-state index in [4.69, 9.17) is 11.6 Å². The summed E-state index contributed by atoms with van der Waals surface area (Å²) in [7, 11) is 0. The standard InChI is InChI=1S/C12H16ClN3.2ClH/c1-2-11(16-7-5-14-6-8-16)10-3-4-12(13)15-9-10;;/h2-4,9,11,14H,1,5-8H2;2*1H/t11-;;/m1../s1. The van der Waals surface area contributed by atoms with Crippen molar-refractivity contribution in [3.05, 3.63) is 41.7 Å². The van der Waals surface area contributed by atoms with Crippen LogP contribution in [0.1, 0.15) is 11.6 Å². The Hall–Kier alpha value is -0.320. The van der Waals surface area contributed by atoms with Crippen molar-refractivity contribution in [2.45, 2.75) is 6.04 Å². The molecule has 0 aliphatic carbocycles. The molecule has 1 aromatic rings. The Morgan fingerprint density at radius 2 is 2.00 bits per heavy atom. The molecule has 1 atom stereocenters. The van der Waals surface area contributed by atoms with Gasteiger partial charge < -0.3 is 5.32 Å². The summed E-state index contributed by atoms with van der Waals surface area (Å²) in [6, 6.07) is 4.09. The van der Waals surface area contributed by atoms with E-state index in [2.05, 4.69) is 21.8 Å². The molecule has 0 unspecified atom stereocenters. The van der Waals surface area contributed by atoms with Crippen LogP contribution in [0.25, 0.3) is 0 Å². The van der Waals surface area contributed by atoms with Gasteiger partial charge in [0.15, 0.2) is 0 Å². The Morgan fingerprint density at radius 1 is 1.33 bits per heavy atom. The number of pyridine rings is 1. The molecule has 102 valence electrons. The van der Waals surface area contributed by atoms with Gasteiger partial charge in [-0.15, -0.1) is 31.4 Å². The minimum atomic E-state index is 0. The van der Waals surface area contributed by atoms with E-state index in [0.29, 0.717) is 5.15 Å². The highest BCUT2D eigenvalue weighted by Gasteiger charge is 2.19. The lowest BCUT2D eigenvalue weighted by Crippen LogP contribution is -2.44. The number of nitrogens with one attached hydrogen (secondary N) is 1. The highest BCUT2D eigenvalue weighted by atomic mass is 35.5. The monoisotopic (exact) mass is 309 g/mol. The first-order valence-electron chi connectivity index (χ1n) is 5.50. The van der Waals surface area contributed by atoms with Crippen molar-refractivity contribution in [3.8, 4) is 0 Å². The van der Waals surface area contributed by atoms with Crippen molar-refractivity contribution >= 4 is 36.4 Å². The third-order valence-electron chi connectivity index (χ3n) is 2.86. The maximum absolute atomic E-state index is 5.78. The van der Waals surface area contributed by atoms with E-state index in [1.807, 2.05) is 24.4 Å². The fraction of sp³-hybridized carbons (Fsp3) is 0.417. The molecule has 1 aliphatic heterocycles. The molecule has 3 nitrogen and oxygen atoms in total. The summed E-state index contributed by atoms with van der Waals surface area (Å²) < 4.78 is 0. The van der Waals surface area contributed by atoms with Crippen molar-refractivity contribution in [2.24, 2.45) is 0 Å². The van der Waals surface area contributed by atoms with Gasteiger partial charge in [-0.2, -0.15) is 0 Å². The lowest BCUT2D eigenvalue weighted by molar-refractivity contribution is 0.203. The largest absolute Gasteiger partial charge is 0.314 e. The highest BCUT2D eigenvalue weighted by molar-refractivity contribution is 6.29. The Bertz CT molecular complexity index is 350. The third kappa shape index (κ3) is 4.41. The van der Waals surface area contributed by atoms with Gasteiger partial charge in [0.1, 0.15) is 5.15 Å². The fourth-order valence-electron chi connectivity index (χ4n) is 2.02. The molecule has 0 radical (unpaired) electrons. The third-order valence-corrected chi connectivity index (χ3v) is 3.08. The number of nitrogens with zero attached hydrogens (tertiary/aromatic N) is 2. The number of piperazine rings is 1. The number of hydrogen-bond donors (Lipinski definition) is 1. The molecule has 0 bridgehead atoms. The van der Waals surface area contributed by atoms with Gasteiger partial charge in [0, 0.05) is 32.4 Å². The second-order valence-electron chi connectivity index (χ2n) is 3.88. The minimum Gasteiger partial charge on any atom is -0.314 e. The van der Waals surface area contributed by atoms with Crippen LogP contribution in [-0.2, 0) is 0 Å². The summed E-state index contributed by atoms with van der Waals surface area (Å²) in [5.74, 6) is 0. The highest BCUT2D eigenvalue weighted by Crippen LogP contribution is 2.22. The van der Waals surface area contributed by atoms with Crippen LogP contribution in [0.4, 0.5) is 0 Å². The number of hydrogen-bond acceptors (Lipinski definition) is 3. The normalized spacial score (nSPS) is 17.2. The molecule has 18 heavy (non-hydrogen) atoms. The summed E-state index contributed by atoms with van der Waals surface area (Å²) in [4.78, 5) is 6.52. The predicted molar refractivity (Wildman–Crippen MR) is 81.1 cm³/mol. The quantitative estimate of drug-likeness (QED) is 0.687. The summed E-state index contributed by atoms with van der Waals surface area (Å²) in [6.45, 7) is 8.06. The Kier molecular flexibility index (Phi) is 8.57. The molecule has 2 rings (SSSR count). The smallest absolute Gasteiger partial charge is 0.129 e. The van der Waals surface area contributed by atoms with Gasteiger partial charge in [-0.3, -0.25) is 4.90 Å². The van der Waals surface area contributed by atoms with Gasteiger partial charge in [-0.25, -0.2) is 4.98 Å². The van der Waals surface area contributed by atoms with Gasteiger partial charge in [0.05, 0.1) is 6.04 Å². The molecule has 2 heterocycles. The zero-order valence-electron chi connectivity index (χ0n) is 10.0. The maximum Gasteiger partial charge on any atom is 0.129 e. The average molecular weight is 311 g/mol. The first-order chi connectivity index (χ1) is 7.81. The zero-order chi connectivity index (χ0) is 11.4. The molecule has 0 aromatic carbocycles. The van der Waals surface area contributed by atoms with Gasteiger partial charge in [-0.05, 0) is 11.6 Å². The van der Waals surface area contributed by atoms with E-state index in [1.165, 1.54) is 0 Å². The van der Waals surface area contributed by atoms with Crippen LogP contribution in [0.5, 0.6) is 0 Å². The summed E-state index contributed by atoms with van der Waals surface area (Å²) in [6.07, 6.45) is 3.80. The Labute approximate surface area is 125 Å². The summed E-state index contributed by atoms with van der Waals surface area (Å²) >= 11 is 5.78. The maximum atomic E-state index is 5.78. The second-order valence-corrected chi connectivity index (χ2v) is 4.27. The predicted octanol–water partition coefficient (Wildman–Crippen LogP) is 2.71. The summed E-state index contributed by atoms with van der Waals surface area (Å²) in [5.41, 5.74) is 1.15. The molecule has 0 amide bonds. The second kappa shape index (κ2) is 8.73. The lowest BCUT2D eigenvalue weighted by atomic mass is 10.1. The SMILES string of the molecule is C=C[C@H](c1ccc(Cl)nc1)N1CCNCC1.Cl.Cl. The van der Waals surface area contributed by atoms with Crippen molar-refractivity contribution in [1.82, 2.24) is 15.2 Å². The molecule has 1 aromatic heterocycles. The van der Waals surface area contributed by atoms with Crippen LogP contribution < -0.4 is 5.32 Å². The topological polar surface area (TPSA) is 28.2 Å². The van der Waals surface area contributed by atoms with E-state index in [9.17, 15) is 0 Å². The molecule has 1 fully saturated rings. The Morgan fingerprint density at radius 3 is 2.50 bits per heavy atom. The molecule has 1 N–H and O–H groups in total. The van der Waals surface area contributed by atoms with Crippen LogP contribution in [-0.4, -0.2) is 36.1 Å². The van der Waals surface area contributed by atoms with Gasteiger partial charge in [0.25, 0.3) is 0 Å². The lowest BCUT2D eigenvalue weighted by Gasteiger charge is -2.33. The molecule has 0 saturated carbocycles. The first kappa shape index (κ1) is 17.7. The van der Waals surface area contributed by atoms with Crippen molar-refractivity contribution in [3.63, 3.8) is 0 Å². The Balaban J connectivity index is 0.00000144. The number of aromatic nitrogens is 1. The van der Waals surface area contributed by atoms with Crippen molar-refractivity contribution < 1.29 is 0 Å². The minimum absolute atomic E-state index is 0. The van der Waals surface area contributed by atoms with Crippen LogP contribution in [0, 0.1) is 0 Å². The van der Waals surface area contributed by atoms with Gasteiger partial charge >= 0.3 is 0 Å². The zero-order valence-corrected chi connectivity index (χ0v) is 12.4. The van der Waals surface area contributed by atoms with Crippen LogP contribution in [0.3, 0.4) is 0 Å². The molecule has 6 heteroatoms. The molecule has 1 saturated heterocycles. The number of rotatable bonds is 3. The van der Waals surface area contributed by atoms with Crippen molar-refractivity contribution in [1.29, 1.82) is 0 Å². The first-order valence-corrected chi connectivity index (χ1v) is 5.88. The van der Waals surface area contributed by atoms with Gasteiger partial charge in [-0.1, -0.05) is 23.7 Å². The van der Waals surface area contributed by atoms with E-state index >= 15 is 0 Å². The van der Waals surface area contributed by atoms with Crippen molar-refractivity contribution in [2.75, 3.05) is 26.2 Å².